The van der Waals surface area contributed by atoms with E-state index in [0.29, 0.717) is 18.8 Å². The average molecular weight is 571 g/mol. The van der Waals surface area contributed by atoms with Gasteiger partial charge in [-0.2, -0.15) is 0 Å². The van der Waals surface area contributed by atoms with E-state index < -0.39 is 0 Å². The first kappa shape index (κ1) is 30.1. The molecule has 0 saturated carbocycles. The molecule has 1 amide bonds. The Bertz CT molecular complexity index is 1270. The van der Waals surface area contributed by atoms with Crippen LogP contribution in [-0.2, 0) is 13.0 Å². The van der Waals surface area contributed by atoms with Crippen molar-refractivity contribution >= 4 is 5.91 Å². The summed E-state index contributed by atoms with van der Waals surface area (Å²) in [4.78, 5) is 24.8. The van der Waals surface area contributed by atoms with Gasteiger partial charge in [0.2, 0.25) is 0 Å². The smallest absolute Gasteiger partial charge is 0.253 e. The Balaban J connectivity index is 1.27. The lowest BCUT2D eigenvalue weighted by Gasteiger charge is -2.45. The largest absolute Gasteiger partial charge is 0.492 e. The number of amides is 1. The molecule has 0 unspecified atom stereocenters. The van der Waals surface area contributed by atoms with Crippen LogP contribution in [0.1, 0.15) is 53.7 Å². The zero-order valence-electron chi connectivity index (χ0n) is 25.3. The number of likely N-dealkylation sites (tertiary alicyclic amines) is 1. The number of rotatable bonds is 7. The molecular formula is C35H46N4O3. The maximum Gasteiger partial charge on any atom is 0.253 e. The Kier molecular flexibility index (Phi) is 10.5. The Labute approximate surface area is 251 Å². The van der Waals surface area contributed by atoms with E-state index in [1.807, 2.05) is 55.5 Å². The van der Waals surface area contributed by atoms with Crippen molar-refractivity contribution in [3.05, 3.63) is 89.7 Å². The molecule has 0 radical (unpaired) electrons. The molecule has 0 atom stereocenters. The predicted octanol–water partition coefficient (Wildman–Crippen LogP) is 5.55. The molecule has 5 rings (SSSR count). The normalized spacial score (nSPS) is 18.0. The van der Waals surface area contributed by atoms with Crippen LogP contribution in [0.5, 0.6) is 11.5 Å². The molecule has 3 heterocycles. The van der Waals surface area contributed by atoms with Crippen LogP contribution in [-0.4, -0.2) is 85.6 Å². The molecule has 7 nitrogen and oxygen atoms in total. The van der Waals surface area contributed by atoms with E-state index in [2.05, 4.69) is 51.2 Å². The number of aryl methyl sites for hydroxylation is 1. The van der Waals surface area contributed by atoms with Crippen LogP contribution in [0, 0.1) is 5.41 Å². The third-order valence-corrected chi connectivity index (χ3v) is 8.71. The first-order valence-electron chi connectivity index (χ1n) is 15.5. The second kappa shape index (κ2) is 14.7. The molecule has 0 N–H and O–H groups in total. The zero-order chi connectivity index (χ0) is 29.2. The minimum atomic E-state index is 0.103. The maximum atomic E-state index is 13.6. The van der Waals surface area contributed by atoms with Gasteiger partial charge >= 0.3 is 0 Å². The lowest BCUT2D eigenvalue weighted by Crippen LogP contribution is -2.48. The van der Waals surface area contributed by atoms with Gasteiger partial charge in [-0.05, 0) is 93.6 Å². The molecule has 1 spiro atoms. The number of ether oxygens (including phenoxy) is 2. The van der Waals surface area contributed by atoms with Gasteiger partial charge in [0.05, 0.1) is 5.69 Å². The summed E-state index contributed by atoms with van der Waals surface area (Å²) >= 11 is 0. The molecule has 2 aliphatic rings. The first-order chi connectivity index (χ1) is 20.5. The van der Waals surface area contributed by atoms with Crippen molar-refractivity contribution in [3.8, 4) is 11.5 Å². The summed E-state index contributed by atoms with van der Waals surface area (Å²) in [5.74, 6) is 1.88. The molecule has 2 aliphatic heterocycles. The molecule has 1 saturated heterocycles. The van der Waals surface area contributed by atoms with Gasteiger partial charge in [-0.1, -0.05) is 36.8 Å². The fraction of sp³-hybridized carbons (Fsp3) is 0.486. The number of carbonyl (C=O) groups excluding carboxylic acids is 1. The zero-order valence-corrected chi connectivity index (χ0v) is 25.3. The number of nitrogens with zero attached hydrogens (tertiary/aromatic N) is 4. The van der Waals surface area contributed by atoms with E-state index in [1.54, 1.807) is 0 Å². The Morgan fingerprint density at radius 1 is 0.976 bits per heavy atom. The number of fused-ring (bicyclic) bond motifs is 1. The standard InChI is InChI=1S/C35H46N4O3/c1-37(2)22-24-41-32-14-9-12-30(26-32)34(40)39-20-17-35(18-21-39)16-7-5-11-29-10-3-4-15-33(29)42-25-23-38(28-35)27-31-13-6-8-19-36-31/h3-4,6,8-10,12-15,19,26H,5,7,11,16-18,20-25,27-28H2,1-2H3. The van der Waals surface area contributed by atoms with Gasteiger partial charge < -0.3 is 19.3 Å². The lowest BCUT2D eigenvalue weighted by atomic mass is 9.73. The van der Waals surface area contributed by atoms with Gasteiger partial charge in [0.15, 0.2) is 0 Å². The lowest BCUT2D eigenvalue weighted by molar-refractivity contribution is 0.0358. The predicted molar refractivity (Wildman–Crippen MR) is 167 cm³/mol. The molecule has 2 aromatic carbocycles. The maximum absolute atomic E-state index is 13.6. The highest BCUT2D eigenvalue weighted by molar-refractivity contribution is 5.94. The van der Waals surface area contributed by atoms with Crippen LogP contribution < -0.4 is 9.47 Å². The number of aromatic nitrogens is 1. The summed E-state index contributed by atoms with van der Waals surface area (Å²) < 4.78 is 12.2. The van der Waals surface area contributed by atoms with E-state index in [-0.39, 0.29) is 11.3 Å². The van der Waals surface area contributed by atoms with E-state index in [0.717, 1.165) is 82.1 Å². The second-order valence-electron chi connectivity index (χ2n) is 12.2. The Morgan fingerprint density at radius 2 is 1.81 bits per heavy atom. The van der Waals surface area contributed by atoms with Gasteiger partial charge in [-0.25, -0.2) is 0 Å². The number of para-hydroxylation sites is 1. The molecule has 0 bridgehead atoms. The summed E-state index contributed by atoms with van der Waals surface area (Å²) in [6, 6.07) is 22.3. The van der Waals surface area contributed by atoms with Crippen molar-refractivity contribution in [3.63, 3.8) is 0 Å². The number of carbonyl (C=O) groups is 1. The Hall–Kier alpha value is -3.42. The van der Waals surface area contributed by atoms with Gasteiger partial charge in [-0.3, -0.25) is 14.7 Å². The molecular weight excluding hydrogens is 524 g/mol. The minimum absolute atomic E-state index is 0.103. The molecule has 1 fully saturated rings. The van der Waals surface area contributed by atoms with E-state index in [1.165, 1.54) is 18.4 Å². The van der Waals surface area contributed by atoms with Crippen molar-refractivity contribution in [2.75, 3.05) is 60.0 Å². The summed E-state index contributed by atoms with van der Waals surface area (Å²) in [7, 11) is 4.05. The third-order valence-electron chi connectivity index (χ3n) is 8.71. The number of benzene rings is 2. The van der Waals surface area contributed by atoms with Gasteiger partial charge in [0.25, 0.3) is 5.91 Å². The SMILES string of the molecule is CN(C)CCOc1cccc(C(=O)N2CCC3(CCCCc4ccccc4OCCN(Cc4ccccn4)C3)CC2)c1. The van der Waals surface area contributed by atoms with Gasteiger partial charge in [0.1, 0.15) is 24.7 Å². The number of hydrogen-bond donors (Lipinski definition) is 0. The quantitative estimate of drug-likeness (QED) is 0.371. The highest BCUT2D eigenvalue weighted by Gasteiger charge is 2.37. The molecule has 0 aliphatic carbocycles. The van der Waals surface area contributed by atoms with Crippen molar-refractivity contribution in [2.24, 2.45) is 5.41 Å². The topological polar surface area (TPSA) is 58.1 Å². The Morgan fingerprint density at radius 3 is 2.62 bits per heavy atom. The minimum Gasteiger partial charge on any atom is -0.492 e. The summed E-state index contributed by atoms with van der Waals surface area (Å²) in [5.41, 5.74) is 3.26. The van der Waals surface area contributed by atoms with Crippen LogP contribution in [0.15, 0.2) is 72.9 Å². The molecule has 1 aromatic heterocycles. The molecule has 7 heteroatoms. The fourth-order valence-electron chi connectivity index (χ4n) is 6.28. The van der Waals surface area contributed by atoms with Crippen molar-refractivity contribution < 1.29 is 14.3 Å². The second-order valence-corrected chi connectivity index (χ2v) is 12.2. The molecule has 42 heavy (non-hydrogen) atoms. The molecule has 3 aromatic rings. The third kappa shape index (κ3) is 8.33. The summed E-state index contributed by atoms with van der Waals surface area (Å²) in [6.07, 6.45) is 8.42. The number of piperidine rings is 1. The number of hydrogen-bond acceptors (Lipinski definition) is 6. The van der Waals surface area contributed by atoms with Crippen LogP contribution in [0.3, 0.4) is 0 Å². The van der Waals surface area contributed by atoms with Crippen LogP contribution in [0.4, 0.5) is 0 Å². The number of likely N-dealkylation sites (N-methyl/N-ethyl adjacent to an activating group) is 1. The first-order valence-corrected chi connectivity index (χ1v) is 15.5. The highest BCUT2D eigenvalue weighted by Crippen LogP contribution is 2.39. The van der Waals surface area contributed by atoms with Crippen molar-refractivity contribution in [1.82, 2.24) is 19.7 Å². The number of pyridine rings is 1. The van der Waals surface area contributed by atoms with Crippen molar-refractivity contribution in [1.29, 1.82) is 0 Å². The van der Waals surface area contributed by atoms with E-state index in [4.69, 9.17) is 9.47 Å². The fourth-order valence-corrected chi connectivity index (χ4v) is 6.28. The van der Waals surface area contributed by atoms with Crippen LogP contribution in [0.25, 0.3) is 0 Å². The monoisotopic (exact) mass is 570 g/mol. The van der Waals surface area contributed by atoms with Gasteiger partial charge in [0, 0.05) is 51.0 Å². The summed E-state index contributed by atoms with van der Waals surface area (Å²) in [5, 5.41) is 0. The van der Waals surface area contributed by atoms with Gasteiger partial charge in [-0.15, -0.1) is 0 Å². The van der Waals surface area contributed by atoms with E-state index in [9.17, 15) is 4.79 Å². The van der Waals surface area contributed by atoms with Crippen LogP contribution in [0.2, 0.25) is 0 Å². The highest BCUT2D eigenvalue weighted by atomic mass is 16.5. The van der Waals surface area contributed by atoms with E-state index >= 15 is 0 Å². The molecule has 224 valence electrons. The van der Waals surface area contributed by atoms with Crippen LogP contribution >= 0.6 is 0 Å². The summed E-state index contributed by atoms with van der Waals surface area (Å²) in [6.45, 7) is 6.28. The van der Waals surface area contributed by atoms with Crippen molar-refractivity contribution in [2.45, 2.75) is 45.1 Å². The average Bonchev–Trinajstić information content (AvgIpc) is 3.00.